The summed E-state index contributed by atoms with van der Waals surface area (Å²) >= 11 is 0. The van der Waals surface area contributed by atoms with Crippen molar-refractivity contribution in [2.24, 2.45) is 11.3 Å². The molecule has 0 spiro atoms. The molecule has 0 radical (unpaired) electrons. The standard InChI is InChI=1S/C22H22N2O2/c1-2-19(25)23-17-6-7-18-20-15(17)4-3-5-16(20)21(26)24(18)13-22-10-8-14(12-22)9-11-22/h2-7,14H,1,8-13H2,(H,23,25). The molecule has 2 aliphatic carbocycles. The van der Waals surface area contributed by atoms with Crippen molar-refractivity contribution in [3.05, 3.63) is 48.6 Å². The maximum absolute atomic E-state index is 13.1. The van der Waals surface area contributed by atoms with Gasteiger partial charge in [0, 0.05) is 28.6 Å². The van der Waals surface area contributed by atoms with Crippen LogP contribution >= 0.6 is 0 Å². The van der Waals surface area contributed by atoms with Gasteiger partial charge >= 0.3 is 0 Å². The normalized spacial score (nSPS) is 25.9. The average molecular weight is 346 g/mol. The Balaban J connectivity index is 1.58. The van der Waals surface area contributed by atoms with Gasteiger partial charge in [-0.1, -0.05) is 18.7 Å². The number of hydrogen-bond acceptors (Lipinski definition) is 2. The van der Waals surface area contributed by atoms with Crippen LogP contribution in [0, 0.1) is 11.3 Å². The zero-order chi connectivity index (χ0) is 17.9. The van der Waals surface area contributed by atoms with Gasteiger partial charge in [0.15, 0.2) is 0 Å². The predicted octanol–water partition coefficient (Wildman–Crippen LogP) is 4.50. The fourth-order valence-electron chi connectivity index (χ4n) is 5.36. The minimum atomic E-state index is -0.242. The molecule has 1 heterocycles. The lowest BCUT2D eigenvalue weighted by atomic mass is 9.83. The van der Waals surface area contributed by atoms with Crippen LogP contribution in [0.2, 0.25) is 0 Å². The van der Waals surface area contributed by atoms with Gasteiger partial charge in [-0.3, -0.25) is 9.59 Å². The van der Waals surface area contributed by atoms with Crippen LogP contribution in [0.25, 0.3) is 10.8 Å². The molecule has 2 saturated carbocycles. The van der Waals surface area contributed by atoms with Crippen molar-refractivity contribution in [3.63, 3.8) is 0 Å². The van der Waals surface area contributed by atoms with E-state index >= 15 is 0 Å². The Kier molecular flexibility index (Phi) is 3.27. The molecule has 2 bridgehead atoms. The van der Waals surface area contributed by atoms with Crippen molar-refractivity contribution < 1.29 is 9.59 Å². The fourth-order valence-corrected chi connectivity index (χ4v) is 5.36. The molecular weight excluding hydrogens is 324 g/mol. The Hall–Kier alpha value is -2.62. The van der Waals surface area contributed by atoms with E-state index in [1.165, 1.54) is 38.2 Å². The van der Waals surface area contributed by atoms with Gasteiger partial charge in [-0.2, -0.15) is 0 Å². The van der Waals surface area contributed by atoms with Crippen molar-refractivity contribution in [2.45, 2.75) is 32.1 Å². The molecule has 2 aromatic rings. The van der Waals surface area contributed by atoms with E-state index < -0.39 is 0 Å². The van der Waals surface area contributed by atoms with Crippen molar-refractivity contribution in [3.8, 4) is 0 Å². The van der Waals surface area contributed by atoms with Crippen molar-refractivity contribution in [1.29, 1.82) is 0 Å². The van der Waals surface area contributed by atoms with E-state index in [0.717, 1.165) is 40.2 Å². The second-order valence-electron chi connectivity index (χ2n) is 8.09. The van der Waals surface area contributed by atoms with E-state index in [1.807, 2.05) is 35.2 Å². The van der Waals surface area contributed by atoms with Gasteiger partial charge < -0.3 is 10.2 Å². The lowest BCUT2D eigenvalue weighted by Crippen LogP contribution is -2.37. The first-order chi connectivity index (χ1) is 12.6. The summed E-state index contributed by atoms with van der Waals surface area (Å²) in [5.41, 5.74) is 2.77. The topological polar surface area (TPSA) is 49.4 Å². The van der Waals surface area contributed by atoms with Crippen LogP contribution in [0.1, 0.15) is 42.5 Å². The lowest BCUT2D eigenvalue weighted by molar-refractivity contribution is -0.111. The molecule has 4 nitrogen and oxygen atoms in total. The van der Waals surface area contributed by atoms with Crippen molar-refractivity contribution >= 4 is 34.0 Å². The Morgan fingerprint density at radius 2 is 2.08 bits per heavy atom. The van der Waals surface area contributed by atoms with Crippen molar-refractivity contribution in [2.75, 3.05) is 16.8 Å². The van der Waals surface area contributed by atoms with E-state index in [-0.39, 0.29) is 11.8 Å². The first-order valence-electron chi connectivity index (χ1n) is 9.41. The number of nitrogens with zero attached hydrogens (tertiary/aromatic N) is 1. The Morgan fingerprint density at radius 3 is 2.77 bits per heavy atom. The summed E-state index contributed by atoms with van der Waals surface area (Å²) in [7, 11) is 0. The number of nitrogens with one attached hydrogen (secondary N) is 1. The minimum Gasteiger partial charge on any atom is -0.322 e. The third kappa shape index (κ3) is 2.14. The molecule has 5 rings (SSSR count). The smallest absolute Gasteiger partial charge is 0.259 e. The highest BCUT2D eigenvalue weighted by Gasteiger charge is 2.47. The quantitative estimate of drug-likeness (QED) is 0.829. The number of hydrogen-bond donors (Lipinski definition) is 1. The number of rotatable bonds is 4. The van der Waals surface area contributed by atoms with Gasteiger partial charge in [0.2, 0.25) is 5.91 Å². The molecule has 0 unspecified atom stereocenters. The largest absolute Gasteiger partial charge is 0.322 e. The average Bonchev–Trinajstić information content (AvgIpc) is 3.33. The first kappa shape index (κ1) is 15.6. The van der Waals surface area contributed by atoms with E-state index in [2.05, 4.69) is 11.9 Å². The number of carbonyl (C=O) groups is 2. The summed E-state index contributed by atoms with van der Waals surface area (Å²) in [6.07, 6.45) is 7.65. The van der Waals surface area contributed by atoms with Crippen LogP contribution in [0.3, 0.4) is 0 Å². The second-order valence-corrected chi connectivity index (χ2v) is 8.09. The monoisotopic (exact) mass is 346 g/mol. The molecule has 0 atom stereocenters. The Labute approximate surface area is 152 Å². The van der Waals surface area contributed by atoms with Crippen molar-refractivity contribution in [1.82, 2.24) is 0 Å². The number of carbonyl (C=O) groups excluding carboxylic acids is 2. The van der Waals surface area contributed by atoms with E-state index in [1.54, 1.807) is 0 Å². The highest BCUT2D eigenvalue weighted by atomic mass is 16.2. The maximum atomic E-state index is 13.1. The molecule has 0 saturated heterocycles. The summed E-state index contributed by atoms with van der Waals surface area (Å²) < 4.78 is 0. The molecular formula is C22H22N2O2. The van der Waals surface area contributed by atoms with E-state index in [4.69, 9.17) is 0 Å². The zero-order valence-electron chi connectivity index (χ0n) is 14.8. The number of amides is 2. The maximum Gasteiger partial charge on any atom is 0.259 e. The number of benzene rings is 2. The fraction of sp³-hybridized carbons (Fsp3) is 0.364. The Bertz CT molecular complexity index is 954. The number of fused-ring (bicyclic) bond motifs is 2. The molecule has 2 aromatic carbocycles. The third-order valence-electron chi connectivity index (χ3n) is 6.61. The molecule has 2 fully saturated rings. The van der Waals surface area contributed by atoms with Crippen LogP contribution in [0.15, 0.2) is 43.0 Å². The van der Waals surface area contributed by atoms with Crippen LogP contribution < -0.4 is 10.2 Å². The second kappa shape index (κ2) is 5.44. The lowest BCUT2D eigenvalue weighted by Gasteiger charge is -2.32. The molecule has 1 aliphatic heterocycles. The summed E-state index contributed by atoms with van der Waals surface area (Å²) in [5.74, 6) is 0.725. The van der Waals surface area contributed by atoms with Crippen LogP contribution in [-0.2, 0) is 4.79 Å². The Morgan fingerprint density at radius 1 is 1.27 bits per heavy atom. The highest BCUT2D eigenvalue weighted by molar-refractivity contribution is 6.27. The summed E-state index contributed by atoms with van der Waals surface area (Å²) in [6, 6.07) is 9.64. The molecule has 2 amide bonds. The van der Waals surface area contributed by atoms with Gasteiger partial charge in [0.1, 0.15) is 0 Å². The van der Waals surface area contributed by atoms with E-state index in [0.29, 0.717) is 5.41 Å². The van der Waals surface area contributed by atoms with Crippen LogP contribution in [0.5, 0.6) is 0 Å². The van der Waals surface area contributed by atoms with Crippen LogP contribution in [-0.4, -0.2) is 18.4 Å². The van der Waals surface area contributed by atoms with Gasteiger partial charge in [-0.25, -0.2) is 0 Å². The molecule has 26 heavy (non-hydrogen) atoms. The molecule has 1 N–H and O–H groups in total. The van der Waals surface area contributed by atoms with Gasteiger partial charge in [0.25, 0.3) is 5.91 Å². The summed E-state index contributed by atoms with van der Waals surface area (Å²) in [5, 5.41) is 4.74. The predicted molar refractivity (Wildman–Crippen MR) is 103 cm³/mol. The van der Waals surface area contributed by atoms with Gasteiger partial charge in [0.05, 0.1) is 5.69 Å². The molecule has 3 aliphatic rings. The summed E-state index contributed by atoms with van der Waals surface area (Å²) in [6.45, 7) is 4.34. The minimum absolute atomic E-state index is 0.0996. The molecule has 0 aromatic heterocycles. The number of anilines is 2. The molecule has 132 valence electrons. The van der Waals surface area contributed by atoms with Crippen LogP contribution in [0.4, 0.5) is 11.4 Å². The van der Waals surface area contributed by atoms with E-state index in [9.17, 15) is 9.59 Å². The zero-order valence-corrected chi connectivity index (χ0v) is 14.8. The SMILES string of the molecule is C=CC(=O)Nc1ccc2c3c(cccc13)C(=O)N2CC12CCC(CC1)C2. The first-order valence-corrected chi connectivity index (χ1v) is 9.41. The third-order valence-corrected chi connectivity index (χ3v) is 6.61. The highest BCUT2D eigenvalue weighted by Crippen LogP contribution is 2.55. The summed E-state index contributed by atoms with van der Waals surface area (Å²) in [4.78, 5) is 26.9. The van der Waals surface area contributed by atoms with Gasteiger partial charge in [-0.15, -0.1) is 0 Å². The van der Waals surface area contributed by atoms with Gasteiger partial charge in [-0.05, 0) is 67.7 Å². The molecule has 4 heteroatoms.